The van der Waals surface area contributed by atoms with E-state index in [2.05, 4.69) is 0 Å². The molecule has 0 heterocycles. The summed E-state index contributed by atoms with van der Waals surface area (Å²) in [4.78, 5) is 24.0. The molecule has 0 aromatic heterocycles. The molecule has 0 saturated carbocycles. The van der Waals surface area contributed by atoms with E-state index in [4.69, 9.17) is 14.2 Å². The molecule has 2 rings (SSSR count). The van der Waals surface area contributed by atoms with Crippen LogP contribution in [-0.2, 0) is 4.74 Å². The highest BCUT2D eigenvalue weighted by molar-refractivity contribution is 5.99. The Morgan fingerprint density at radius 1 is 0.957 bits per heavy atom. The Balaban J connectivity index is 2.03. The minimum absolute atomic E-state index is 0.252. The van der Waals surface area contributed by atoms with Crippen molar-refractivity contribution in [2.24, 2.45) is 0 Å². The van der Waals surface area contributed by atoms with Gasteiger partial charge in [-0.2, -0.15) is 0 Å². The first kappa shape index (κ1) is 16.5. The van der Waals surface area contributed by atoms with Gasteiger partial charge in [-0.1, -0.05) is 30.3 Å². The molecule has 0 unspecified atom stereocenters. The van der Waals surface area contributed by atoms with Gasteiger partial charge in [0.2, 0.25) is 0 Å². The number of ether oxygens (including phenoxy) is 3. The van der Waals surface area contributed by atoms with E-state index < -0.39 is 5.97 Å². The fourth-order valence-electron chi connectivity index (χ4n) is 1.99. The fraction of sp³-hybridized carbons (Fsp3) is 0.222. The van der Waals surface area contributed by atoms with E-state index in [0.717, 1.165) is 0 Å². The van der Waals surface area contributed by atoms with Crippen LogP contribution >= 0.6 is 0 Å². The van der Waals surface area contributed by atoms with Gasteiger partial charge in [0.05, 0.1) is 19.3 Å². The fourth-order valence-corrected chi connectivity index (χ4v) is 1.99. The topological polar surface area (TPSA) is 61.8 Å². The molecule has 0 aliphatic rings. The summed E-state index contributed by atoms with van der Waals surface area (Å²) >= 11 is 0. The SMILES string of the molecule is CCOc1cc(C(=O)OCC(=O)c2ccccc2)ccc1OC. The molecule has 0 bridgehead atoms. The van der Waals surface area contributed by atoms with Crippen LogP contribution in [-0.4, -0.2) is 32.1 Å². The smallest absolute Gasteiger partial charge is 0.338 e. The maximum absolute atomic E-state index is 12.1. The summed E-state index contributed by atoms with van der Waals surface area (Å²) < 4.78 is 15.6. The normalized spacial score (nSPS) is 10.0. The maximum Gasteiger partial charge on any atom is 0.338 e. The summed E-state index contributed by atoms with van der Waals surface area (Å²) in [5.74, 6) is 0.151. The third-order valence-electron chi connectivity index (χ3n) is 3.13. The van der Waals surface area contributed by atoms with Gasteiger partial charge in [-0.25, -0.2) is 4.79 Å². The van der Waals surface area contributed by atoms with Crippen LogP contribution in [0.15, 0.2) is 48.5 Å². The van der Waals surface area contributed by atoms with Gasteiger partial charge in [-0.15, -0.1) is 0 Å². The van der Waals surface area contributed by atoms with Gasteiger partial charge in [0, 0.05) is 5.56 Å². The van der Waals surface area contributed by atoms with E-state index in [1.54, 1.807) is 36.4 Å². The zero-order valence-corrected chi connectivity index (χ0v) is 13.1. The maximum atomic E-state index is 12.1. The molecule has 0 aliphatic heterocycles. The average molecular weight is 314 g/mol. The highest BCUT2D eigenvalue weighted by atomic mass is 16.5. The van der Waals surface area contributed by atoms with Crippen LogP contribution in [0.2, 0.25) is 0 Å². The molecule has 0 radical (unpaired) electrons. The number of Topliss-reactive ketones (excluding diaryl/α,β-unsaturated/α-hetero) is 1. The summed E-state index contributed by atoms with van der Waals surface area (Å²) in [7, 11) is 1.52. The molecule has 0 atom stereocenters. The molecular weight excluding hydrogens is 296 g/mol. The monoisotopic (exact) mass is 314 g/mol. The Morgan fingerprint density at radius 2 is 1.70 bits per heavy atom. The number of carbonyl (C=O) groups is 2. The number of ketones is 1. The Morgan fingerprint density at radius 3 is 2.35 bits per heavy atom. The van der Waals surface area contributed by atoms with Crippen molar-refractivity contribution in [1.82, 2.24) is 0 Å². The molecule has 23 heavy (non-hydrogen) atoms. The van der Waals surface area contributed by atoms with E-state index in [9.17, 15) is 9.59 Å². The Kier molecular flexibility index (Phi) is 5.74. The zero-order valence-electron chi connectivity index (χ0n) is 13.1. The third-order valence-corrected chi connectivity index (χ3v) is 3.13. The first-order valence-electron chi connectivity index (χ1n) is 7.22. The lowest BCUT2D eigenvalue weighted by atomic mass is 10.1. The molecule has 0 saturated heterocycles. The standard InChI is InChI=1S/C18H18O5/c1-3-22-17-11-14(9-10-16(17)21-2)18(20)23-12-15(19)13-7-5-4-6-8-13/h4-11H,3,12H2,1-2H3. The summed E-state index contributed by atoms with van der Waals surface area (Å²) in [6.45, 7) is 1.98. The molecule has 2 aromatic carbocycles. The molecule has 0 fully saturated rings. The number of rotatable bonds is 7. The number of esters is 1. The highest BCUT2D eigenvalue weighted by Crippen LogP contribution is 2.28. The number of methoxy groups -OCH3 is 1. The number of benzene rings is 2. The van der Waals surface area contributed by atoms with Crippen molar-refractivity contribution >= 4 is 11.8 Å². The van der Waals surface area contributed by atoms with Crippen molar-refractivity contribution in [3.05, 3.63) is 59.7 Å². The molecule has 0 amide bonds. The third kappa shape index (κ3) is 4.32. The zero-order chi connectivity index (χ0) is 16.7. The number of hydrogen-bond donors (Lipinski definition) is 0. The highest BCUT2D eigenvalue weighted by Gasteiger charge is 2.14. The molecule has 0 N–H and O–H groups in total. The summed E-state index contributed by atoms with van der Waals surface area (Å²) in [5.41, 5.74) is 0.806. The summed E-state index contributed by atoms with van der Waals surface area (Å²) in [5, 5.41) is 0. The lowest BCUT2D eigenvalue weighted by molar-refractivity contribution is 0.0474. The molecule has 120 valence electrons. The second-order valence-electron chi connectivity index (χ2n) is 4.66. The molecule has 2 aromatic rings. The molecular formula is C18H18O5. The second-order valence-corrected chi connectivity index (χ2v) is 4.66. The predicted molar refractivity (Wildman–Crippen MR) is 85.2 cm³/mol. The number of carbonyl (C=O) groups excluding carboxylic acids is 2. The second kappa shape index (κ2) is 7.98. The quantitative estimate of drug-likeness (QED) is 0.580. The minimum Gasteiger partial charge on any atom is -0.493 e. The van der Waals surface area contributed by atoms with Crippen molar-refractivity contribution in [2.45, 2.75) is 6.92 Å². The van der Waals surface area contributed by atoms with E-state index in [1.165, 1.54) is 13.2 Å². The first-order chi connectivity index (χ1) is 11.2. The van der Waals surface area contributed by atoms with Gasteiger partial charge in [0.15, 0.2) is 23.9 Å². The first-order valence-corrected chi connectivity index (χ1v) is 7.22. The lowest BCUT2D eigenvalue weighted by Crippen LogP contribution is -2.14. The van der Waals surface area contributed by atoms with E-state index >= 15 is 0 Å². The van der Waals surface area contributed by atoms with Crippen LogP contribution in [0.25, 0.3) is 0 Å². The van der Waals surface area contributed by atoms with Crippen LogP contribution in [0.3, 0.4) is 0 Å². The van der Waals surface area contributed by atoms with Crippen LogP contribution in [0.1, 0.15) is 27.6 Å². The van der Waals surface area contributed by atoms with Gasteiger partial charge in [-0.3, -0.25) is 4.79 Å². The lowest BCUT2D eigenvalue weighted by Gasteiger charge is -2.11. The van der Waals surface area contributed by atoms with Crippen molar-refractivity contribution in [3.8, 4) is 11.5 Å². The van der Waals surface area contributed by atoms with Gasteiger partial charge >= 0.3 is 5.97 Å². The van der Waals surface area contributed by atoms with Crippen molar-refractivity contribution in [2.75, 3.05) is 20.3 Å². The van der Waals surface area contributed by atoms with E-state index in [0.29, 0.717) is 29.2 Å². The van der Waals surface area contributed by atoms with Crippen LogP contribution in [0.4, 0.5) is 0 Å². The number of hydrogen-bond acceptors (Lipinski definition) is 5. The van der Waals surface area contributed by atoms with Crippen molar-refractivity contribution in [1.29, 1.82) is 0 Å². The molecule has 5 heteroatoms. The largest absolute Gasteiger partial charge is 0.493 e. The van der Waals surface area contributed by atoms with Gasteiger partial charge < -0.3 is 14.2 Å². The molecule has 0 spiro atoms. The van der Waals surface area contributed by atoms with Gasteiger partial charge in [-0.05, 0) is 25.1 Å². The Labute approximate surface area is 134 Å². The Hall–Kier alpha value is -2.82. The van der Waals surface area contributed by atoms with Crippen LogP contribution < -0.4 is 9.47 Å². The minimum atomic E-state index is -0.585. The molecule has 5 nitrogen and oxygen atoms in total. The van der Waals surface area contributed by atoms with Crippen molar-refractivity contribution < 1.29 is 23.8 Å². The summed E-state index contributed by atoms with van der Waals surface area (Å²) in [6.07, 6.45) is 0. The van der Waals surface area contributed by atoms with Gasteiger partial charge in [0.1, 0.15) is 0 Å². The Bertz CT molecular complexity index is 679. The summed E-state index contributed by atoms with van der Waals surface area (Å²) in [6, 6.07) is 13.4. The van der Waals surface area contributed by atoms with E-state index in [1.807, 2.05) is 13.0 Å². The van der Waals surface area contributed by atoms with E-state index in [-0.39, 0.29) is 12.4 Å². The van der Waals surface area contributed by atoms with Crippen molar-refractivity contribution in [3.63, 3.8) is 0 Å². The average Bonchev–Trinajstić information content (AvgIpc) is 2.60. The van der Waals surface area contributed by atoms with Crippen LogP contribution in [0, 0.1) is 0 Å². The van der Waals surface area contributed by atoms with Gasteiger partial charge in [0.25, 0.3) is 0 Å². The molecule has 0 aliphatic carbocycles. The predicted octanol–water partition coefficient (Wildman–Crippen LogP) is 3.13. The van der Waals surface area contributed by atoms with Crippen LogP contribution in [0.5, 0.6) is 11.5 Å².